The number of unbranched alkanes of at least 4 members (excludes halogenated alkanes) is 3. The number of benzene rings is 1. The van der Waals surface area contributed by atoms with Crippen LogP contribution in [0.15, 0.2) is 41.8 Å². The molecule has 0 saturated carbocycles. The Morgan fingerprint density at radius 2 is 1.74 bits per heavy atom. The van der Waals surface area contributed by atoms with Gasteiger partial charge in [0.05, 0.1) is 18.1 Å². The first-order valence-electron chi connectivity index (χ1n) is 6.92. The third kappa shape index (κ3) is 9.12. The quantitative estimate of drug-likeness (QED) is 0.181. The molecule has 0 atom stereocenters. The number of rotatable bonds is 10. The monoisotopic (exact) mass is 350 g/mol. The minimum absolute atomic E-state index is 0. The van der Waals surface area contributed by atoms with E-state index in [9.17, 15) is 17.8 Å². The Hall–Kier alpha value is -0.860. The zero-order valence-corrected chi connectivity index (χ0v) is 16.0. The molecule has 23 heavy (non-hydrogen) atoms. The first kappa shape index (κ1) is 22.1. The molecule has 122 valence electrons. The van der Waals surface area contributed by atoms with Crippen molar-refractivity contribution in [1.29, 1.82) is 0 Å². The molecule has 1 rings (SSSR count). The van der Waals surface area contributed by atoms with Gasteiger partial charge in [0.15, 0.2) is 0 Å². The van der Waals surface area contributed by atoms with E-state index in [1.165, 1.54) is 18.2 Å². The molecule has 6 nitrogen and oxygen atoms in total. The first-order valence-corrected chi connectivity index (χ1v) is 8.33. The maximum absolute atomic E-state index is 11.1. The molecule has 0 aliphatic carbocycles. The molecule has 0 N–H and O–H groups in total. The van der Waals surface area contributed by atoms with E-state index in [1.807, 2.05) is 0 Å². The van der Waals surface area contributed by atoms with E-state index >= 15 is 0 Å². The molecule has 0 heterocycles. The van der Waals surface area contributed by atoms with Gasteiger partial charge in [-0.05, 0) is 37.8 Å². The van der Waals surface area contributed by atoms with Gasteiger partial charge in [-0.25, -0.2) is 13.2 Å². The summed E-state index contributed by atoms with van der Waals surface area (Å²) in [4.78, 5) is 10.4. The average molecular weight is 350 g/mol. The largest absolute Gasteiger partial charge is 1.00 e. The number of carbonyl (C=O) groups excluding carboxylic acids is 1. The molecule has 0 spiro atoms. The summed E-state index contributed by atoms with van der Waals surface area (Å²) in [6.07, 6.45) is 4.27. The number of esters is 1. The van der Waals surface area contributed by atoms with Crippen LogP contribution < -0.4 is 34.3 Å². The van der Waals surface area contributed by atoms with E-state index in [4.69, 9.17) is 9.47 Å². The SMILES string of the molecule is C=CC(=O)OCCCCCCOc1ccccc1S(=O)(=O)[O-].[Na+]. The number of carbonyl (C=O) groups is 1. The number of hydrogen-bond acceptors (Lipinski definition) is 6. The van der Waals surface area contributed by atoms with Crippen molar-refractivity contribution in [3.63, 3.8) is 0 Å². The van der Waals surface area contributed by atoms with E-state index < -0.39 is 16.1 Å². The second-order valence-electron chi connectivity index (χ2n) is 4.54. The minimum atomic E-state index is -4.53. The van der Waals surface area contributed by atoms with E-state index in [0.717, 1.165) is 25.3 Å². The predicted molar refractivity (Wildman–Crippen MR) is 79.5 cm³/mol. The molecule has 0 aliphatic heterocycles. The Morgan fingerprint density at radius 1 is 1.13 bits per heavy atom. The summed E-state index contributed by atoms with van der Waals surface area (Å²) >= 11 is 0. The molecule has 0 aromatic heterocycles. The first-order chi connectivity index (χ1) is 10.4. The van der Waals surface area contributed by atoms with Gasteiger partial charge in [0, 0.05) is 6.08 Å². The van der Waals surface area contributed by atoms with Gasteiger partial charge in [0.1, 0.15) is 15.9 Å². The molecular weight excluding hydrogens is 331 g/mol. The van der Waals surface area contributed by atoms with Crippen LogP contribution in [0.1, 0.15) is 25.7 Å². The molecule has 0 bridgehead atoms. The molecule has 1 aromatic carbocycles. The van der Waals surface area contributed by atoms with Crippen LogP contribution in [0.25, 0.3) is 0 Å². The van der Waals surface area contributed by atoms with Crippen molar-refractivity contribution in [2.24, 2.45) is 0 Å². The van der Waals surface area contributed by atoms with Crippen LogP contribution >= 0.6 is 0 Å². The predicted octanol–water partition coefficient (Wildman–Crippen LogP) is -0.737. The average Bonchev–Trinajstić information content (AvgIpc) is 2.49. The van der Waals surface area contributed by atoms with Crippen LogP contribution in [-0.2, 0) is 19.6 Å². The van der Waals surface area contributed by atoms with Crippen molar-refractivity contribution in [3.8, 4) is 5.75 Å². The summed E-state index contributed by atoms with van der Waals surface area (Å²) in [5.74, 6) is -0.351. The van der Waals surface area contributed by atoms with Crippen LogP contribution in [0.3, 0.4) is 0 Å². The van der Waals surface area contributed by atoms with Gasteiger partial charge in [0.2, 0.25) is 0 Å². The van der Waals surface area contributed by atoms with Gasteiger partial charge in [-0.1, -0.05) is 18.7 Å². The molecule has 8 heteroatoms. The smallest absolute Gasteiger partial charge is 0.744 e. The van der Waals surface area contributed by atoms with Crippen molar-refractivity contribution in [2.75, 3.05) is 13.2 Å². The molecule has 0 aliphatic rings. The van der Waals surface area contributed by atoms with Gasteiger partial charge in [-0.3, -0.25) is 0 Å². The van der Waals surface area contributed by atoms with Crippen molar-refractivity contribution in [1.82, 2.24) is 0 Å². The van der Waals surface area contributed by atoms with E-state index in [-0.39, 0.29) is 40.2 Å². The summed E-state index contributed by atoms with van der Waals surface area (Å²) in [6, 6.07) is 5.77. The molecular formula is C15H19NaO6S. The van der Waals surface area contributed by atoms with Gasteiger partial charge in [0.25, 0.3) is 0 Å². The third-order valence-electron chi connectivity index (χ3n) is 2.83. The molecule has 1 aromatic rings. The maximum atomic E-state index is 11.1. The summed E-state index contributed by atoms with van der Waals surface area (Å²) in [7, 11) is -4.53. The van der Waals surface area contributed by atoms with Crippen molar-refractivity contribution in [3.05, 3.63) is 36.9 Å². The van der Waals surface area contributed by atoms with Crippen LogP contribution in [-0.4, -0.2) is 32.2 Å². The Balaban J connectivity index is 0.00000484. The zero-order valence-electron chi connectivity index (χ0n) is 13.2. The molecule has 0 fully saturated rings. The molecule has 0 amide bonds. The van der Waals surface area contributed by atoms with Gasteiger partial charge < -0.3 is 14.0 Å². The van der Waals surface area contributed by atoms with E-state index in [1.54, 1.807) is 6.07 Å². The second-order valence-corrected chi connectivity index (χ2v) is 5.88. The number of hydrogen-bond donors (Lipinski definition) is 0. The van der Waals surface area contributed by atoms with Crippen molar-refractivity contribution in [2.45, 2.75) is 30.6 Å². The minimum Gasteiger partial charge on any atom is -0.744 e. The van der Waals surface area contributed by atoms with E-state index in [2.05, 4.69) is 6.58 Å². The topological polar surface area (TPSA) is 92.7 Å². The Kier molecular flexibility index (Phi) is 11.2. The van der Waals surface area contributed by atoms with E-state index in [0.29, 0.717) is 19.6 Å². The van der Waals surface area contributed by atoms with Crippen LogP contribution in [0.2, 0.25) is 0 Å². The Labute approximate surface area is 158 Å². The number of ether oxygens (including phenoxy) is 2. The summed E-state index contributed by atoms with van der Waals surface area (Å²) in [5, 5.41) is 0. The molecule has 0 unspecified atom stereocenters. The standard InChI is InChI=1S/C15H20O6S.Na/c1-2-15(16)21-12-8-4-3-7-11-20-13-9-5-6-10-14(13)22(17,18)19;/h2,5-6,9-10H,1,3-4,7-8,11-12H2,(H,17,18,19);/q;+1/p-1. The normalized spacial score (nSPS) is 10.5. The van der Waals surface area contributed by atoms with Crippen LogP contribution in [0.4, 0.5) is 0 Å². The fraction of sp³-hybridized carbons (Fsp3) is 0.400. The fourth-order valence-corrected chi connectivity index (χ4v) is 2.37. The van der Waals surface area contributed by atoms with Crippen molar-refractivity contribution >= 4 is 16.1 Å². The molecule has 0 saturated heterocycles. The van der Waals surface area contributed by atoms with Gasteiger partial charge in [-0.15, -0.1) is 0 Å². The summed E-state index contributed by atoms with van der Waals surface area (Å²) in [5.41, 5.74) is 0. The van der Waals surface area contributed by atoms with Crippen LogP contribution in [0.5, 0.6) is 5.75 Å². The molecule has 0 radical (unpaired) electrons. The van der Waals surface area contributed by atoms with Crippen LogP contribution in [0, 0.1) is 0 Å². The van der Waals surface area contributed by atoms with Gasteiger partial charge >= 0.3 is 35.5 Å². The van der Waals surface area contributed by atoms with Gasteiger partial charge in [-0.2, -0.15) is 0 Å². The van der Waals surface area contributed by atoms with Crippen molar-refractivity contribution < 1.29 is 56.8 Å². The zero-order chi connectivity index (χ0) is 16.4. The third-order valence-corrected chi connectivity index (χ3v) is 3.70. The second kappa shape index (κ2) is 11.6. The Morgan fingerprint density at radius 3 is 2.35 bits per heavy atom. The maximum Gasteiger partial charge on any atom is 1.00 e. The number of para-hydroxylation sites is 1. The fourth-order valence-electron chi connectivity index (χ4n) is 1.75. The summed E-state index contributed by atoms with van der Waals surface area (Å²) in [6.45, 7) is 3.97. The summed E-state index contributed by atoms with van der Waals surface area (Å²) < 4.78 is 43.3. The Bertz CT molecular complexity index is 600.